The van der Waals surface area contributed by atoms with Gasteiger partial charge in [0.05, 0.1) is 23.5 Å². The average molecular weight is 289 g/mol. The predicted octanol–water partition coefficient (Wildman–Crippen LogP) is 0.770. The first-order valence-corrected chi connectivity index (χ1v) is 6.83. The van der Waals surface area contributed by atoms with Crippen LogP contribution in [0.4, 0.5) is 0 Å². The molecule has 0 spiro atoms. The number of oxime groups is 1. The van der Waals surface area contributed by atoms with Crippen molar-refractivity contribution in [3.8, 4) is 0 Å². The van der Waals surface area contributed by atoms with Gasteiger partial charge in [0.2, 0.25) is 0 Å². The fourth-order valence-corrected chi connectivity index (χ4v) is 2.17. The summed E-state index contributed by atoms with van der Waals surface area (Å²) in [4.78, 5) is 12.3. The zero-order valence-electron chi connectivity index (χ0n) is 12.2. The Morgan fingerprint density at radius 3 is 2.86 bits per heavy atom. The van der Waals surface area contributed by atoms with E-state index in [4.69, 9.17) is 10.9 Å². The van der Waals surface area contributed by atoms with Crippen LogP contribution < -0.4 is 11.3 Å². The maximum Gasteiger partial charge on any atom is 0.262 e. The van der Waals surface area contributed by atoms with Crippen LogP contribution in [0.25, 0.3) is 0 Å². The molecule has 0 fully saturated rings. The SMILES string of the molecule is CCc1cc(Cn2cccc(/C(N)=N/O)c2=O)n(CC)n1. The lowest BCUT2D eigenvalue weighted by molar-refractivity contribution is 0.318. The molecule has 2 rings (SSSR count). The number of rotatable bonds is 5. The fraction of sp³-hybridized carbons (Fsp3) is 0.357. The van der Waals surface area contributed by atoms with E-state index in [9.17, 15) is 4.79 Å². The van der Waals surface area contributed by atoms with Crippen LogP contribution in [-0.2, 0) is 19.5 Å². The number of aromatic nitrogens is 3. The monoisotopic (exact) mass is 289 g/mol. The van der Waals surface area contributed by atoms with E-state index in [0.29, 0.717) is 6.54 Å². The van der Waals surface area contributed by atoms with Crippen molar-refractivity contribution in [1.29, 1.82) is 0 Å². The Hall–Kier alpha value is -2.57. The van der Waals surface area contributed by atoms with Crippen LogP contribution in [0.3, 0.4) is 0 Å². The van der Waals surface area contributed by atoms with Crippen molar-refractivity contribution in [1.82, 2.24) is 14.3 Å². The summed E-state index contributed by atoms with van der Waals surface area (Å²) in [6.45, 7) is 5.18. The fourth-order valence-electron chi connectivity index (χ4n) is 2.17. The van der Waals surface area contributed by atoms with Gasteiger partial charge in [-0.05, 0) is 31.5 Å². The van der Waals surface area contributed by atoms with Crippen LogP contribution >= 0.6 is 0 Å². The summed E-state index contributed by atoms with van der Waals surface area (Å²) in [5.41, 5.74) is 7.34. The Bertz CT molecular complexity index is 714. The zero-order chi connectivity index (χ0) is 15.4. The molecule has 0 saturated heterocycles. The van der Waals surface area contributed by atoms with E-state index in [-0.39, 0.29) is 17.0 Å². The number of hydrogen-bond donors (Lipinski definition) is 2. The van der Waals surface area contributed by atoms with Crippen molar-refractivity contribution in [3.63, 3.8) is 0 Å². The van der Waals surface area contributed by atoms with Gasteiger partial charge in [0.1, 0.15) is 0 Å². The molecule has 7 heteroatoms. The molecule has 3 N–H and O–H groups in total. The van der Waals surface area contributed by atoms with Crippen LogP contribution in [0.1, 0.15) is 30.8 Å². The molecule has 112 valence electrons. The van der Waals surface area contributed by atoms with Crippen molar-refractivity contribution >= 4 is 5.84 Å². The topological polar surface area (TPSA) is 98.4 Å². The second kappa shape index (κ2) is 6.25. The summed E-state index contributed by atoms with van der Waals surface area (Å²) in [5, 5.41) is 16.1. The molecule has 0 unspecified atom stereocenters. The van der Waals surface area contributed by atoms with Crippen LogP contribution in [0.15, 0.2) is 34.3 Å². The van der Waals surface area contributed by atoms with Gasteiger partial charge in [-0.25, -0.2) is 0 Å². The molecule has 0 atom stereocenters. The third-order valence-corrected chi connectivity index (χ3v) is 3.31. The predicted molar refractivity (Wildman–Crippen MR) is 79.6 cm³/mol. The number of pyridine rings is 1. The molecule has 0 bridgehead atoms. The highest BCUT2D eigenvalue weighted by Crippen LogP contribution is 2.07. The van der Waals surface area contributed by atoms with Gasteiger partial charge in [0, 0.05) is 12.7 Å². The third kappa shape index (κ3) is 2.96. The van der Waals surface area contributed by atoms with Crippen LogP contribution in [0.5, 0.6) is 0 Å². The van der Waals surface area contributed by atoms with Crippen LogP contribution in [0, 0.1) is 0 Å². The molecule has 0 aliphatic carbocycles. The molecule has 0 radical (unpaired) electrons. The van der Waals surface area contributed by atoms with E-state index in [0.717, 1.165) is 24.4 Å². The third-order valence-electron chi connectivity index (χ3n) is 3.31. The highest BCUT2D eigenvalue weighted by Gasteiger charge is 2.11. The summed E-state index contributed by atoms with van der Waals surface area (Å²) in [7, 11) is 0. The van der Waals surface area contributed by atoms with E-state index in [1.165, 1.54) is 10.6 Å². The van der Waals surface area contributed by atoms with Crippen molar-refractivity contribution in [2.24, 2.45) is 10.9 Å². The first kappa shape index (κ1) is 14.8. The Labute approximate surface area is 122 Å². The highest BCUT2D eigenvalue weighted by molar-refractivity contribution is 5.96. The minimum absolute atomic E-state index is 0.179. The first-order valence-electron chi connectivity index (χ1n) is 6.83. The molecule has 0 aliphatic rings. The first-order chi connectivity index (χ1) is 10.1. The van der Waals surface area contributed by atoms with Gasteiger partial charge in [0.15, 0.2) is 5.84 Å². The number of amidine groups is 1. The van der Waals surface area contributed by atoms with Gasteiger partial charge < -0.3 is 15.5 Å². The summed E-state index contributed by atoms with van der Waals surface area (Å²) >= 11 is 0. The van der Waals surface area contributed by atoms with Gasteiger partial charge in [0.25, 0.3) is 5.56 Å². The molecule has 0 saturated carbocycles. The lowest BCUT2D eigenvalue weighted by atomic mass is 10.2. The molecule has 2 heterocycles. The van der Waals surface area contributed by atoms with Gasteiger partial charge >= 0.3 is 0 Å². The zero-order valence-corrected chi connectivity index (χ0v) is 12.2. The van der Waals surface area contributed by atoms with Crippen molar-refractivity contribution in [3.05, 3.63) is 51.7 Å². The lowest BCUT2D eigenvalue weighted by Gasteiger charge is -2.08. The standard InChI is InChI=1S/C14H19N5O2/c1-3-10-8-11(19(4-2)16-10)9-18-7-5-6-12(14(18)20)13(15)17-21/h5-8,21H,3-4,9H2,1-2H3,(H2,15,17). The van der Waals surface area contributed by atoms with E-state index in [2.05, 4.69) is 10.3 Å². The van der Waals surface area contributed by atoms with E-state index >= 15 is 0 Å². The van der Waals surface area contributed by atoms with Gasteiger partial charge in [-0.15, -0.1) is 0 Å². The smallest absolute Gasteiger partial charge is 0.262 e. The highest BCUT2D eigenvalue weighted by atomic mass is 16.4. The number of nitrogens with zero attached hydrogens (tertiary/aromatic N) is 4. The number of nitrogens with two attached hydrogens (primary N) is 1. The summed E-state index contributed by atoms with van der Waals surface area (Å²) in [6.07, 6.45) is 2.52. The molecule has 2 aromatic heterocycles. The Kier molecular flexibility index (Phi) is 4.42. The molecule has 0 amide bonds. The Balaban J connectivity index is 2.41. The molecule has 0 aromatic carbocycles. The molecular formula is C14H19N5O2. The second-order valence-corrected chi connectivity index (χ2v) is 4.64. The van der Waals surface area contributed by atoms with Gasteiger partial charge in [-0.2, -0.15) is 5.10 Å². The van der Waals surface area contributed by atoms with Crippen molar-refractivity contribution < 1.29 is 5.21 Å². The quantitative estimate of drug-likeness (QED) is 0.367. The molecule has 0 aliphatic heterocycles. The molecule has 7 nitrogen and oxygen atoms in total. The molecule has 2 aromatic rings. The maximum atomic E-state index is 12.3. The van der Waals surface area contributed by atoms with Gasteiger partial charge in [-0.3, -0.25) is 9.48 Å². The van der Waals surface area contributed by atoms with Crippen LogP contribution in [-0.4, -0.2) is 25.4 Å². The lowest BCUT2D eigenvalue weighted by Crippen LogP contribution is -2.30. The van der Waals surface area contributed by atoms with Crippen molar-refractivity contribution in [2.45, 2.75) is 33.4 Å². The Morgan fingerprint density at radius 1 is 1.48 bits per heavy atom. The van der Waals surface area contributed by atoms with E-state index in [1.807, 2.05) is 24.6 Å². The maximum absolute atomic E-state index is 12.3. The number of aryl methyl sites for hydroxylation is 2. The van der Waals surface area contributed by atoms with Crippen molar-refractivity contribution in [2.75, 3.05) is 0 Å². The summed E-state index contributed by atoms with van der Waals surface area (Å²) in [5.74, 6) is -0.187. The number of hydrogen-bond acceptors (Lipinski definition) is 4. The van der Waals surface area contributed by atoms with Gasteiger partial charge in [-0.1, -0.05) is 12.1 Å². The largest absolute Gasteiger partial charge is 0.409 e. The van der Waals surface area contributed by atoms with E-state index < -0.39 is 0 Å². The van der Waals surface area contributed by atoms with E-state index in [1.54, 1.807) is 12.3 Å². The summed E-state index contributed by atoms with van der Waals surface area (Å²) in [6, 6.07) is 5.22. The molecular weight excluding hydrogens is 270 g/mol. The Morgan fingerprint density at radius 2 is 2.24 bits per heavy atom. The normalized spacial score (nSPS) is 11.8. The summed E-state index contributed by atoms with van der Waals surface area (Å²) < 4.78 is 3.40. The van der Waals surface area contributed by atoms with Crippen LogP contribution in [0.2, 0.25) is 0 Å². The second-order valence-electron chi connectivity index (χ2n) is 4.64. The molecule has 21 heavy (non-hydrogen) atoms. The average Bonchev–Trinajstić information content (AvgIpc) is 2.90. The minimum atomic E-state index is -0.297. The minimum Gasteiger partial charge on any atom is -0.409 e.